The molecule has 2 fully saturated rings. The van der Waals surface area contributed by atoms with Crippen LogP contribution in [0, 0.1) is 5.92 Å². The molecule has 8 heteroatoms. The summed E-state index contributed by atoms with van der Waals surface area (Å²) >= 11 is 6.36. The summed E-state index contributed by atoms with van der Waals surface area (Å²) in [4.78, 5) is 32.4. The second kappa shape index (κ2) is 10.5. The van der Waals surface area contributed by atoms with Gasteiger partial charge in [0.15, 0.2) is 0 Å². The number of benzene rings is 2. The van der Waals surface area contributed by atoms with Gasteiger partial charge in [0.05, 0.1) is 35.1 Å². The van der Waals surface area contributed by atoms with Crippen molar-refractivity contribution in [2.45, 2.75) is 19.4 Å². The van der Waals surface area contributed by atoms with Crippen LogP contribution in [-0.2, 0) is 11.3 Å². The number of halogens is 1. The Morgan fingerprint density at radius 1 is 0.943 bits per heavy atom. The molecule has 1 aromatic heterocycles. The van der Waals surface area contributed by atoms with Crippen LogP contribution in [-0.4, -0.2) is 59.9 Å². The number of piperazine rings is 1. The molecule has 1 unspecified atom stereocenters. The first-order chi connectivity index (χ1) is 17.1. The number of para-hydroxylation sites is 1. The van der Waals surface area contributed by atoms with Crippen LogP contribution < -0.4 is 15.4 Å². The summed E-state index contributed by atoms with van der Waals surface area (Å²) in [6, 6.07) is 19.3. The van der Waals surface area contributed by atoms with E-state index in [1.807, 2.05) is 59.5 Å². The lowest BCUT2D eigenvalue weighted by Crippen LogP contribution is -2.52. The lowest BCUT2D eigenvalue weighted by Gasteiger charge is -2.40. The van der Waals surface area contributed by atoms with Gasteiger partial charge < -0.3 is 14.7 Å². The molecule has 7 nitrogen and oxygen atoms in total. The van der Waals surface area contributed by atoms with Crippen LogP contribution in [0.1, 0.15) is 18.4 Å². The monoisotopic (exact) mass is 491 g/mol. The van der Waals surface area contributed by atoms with E-state index in [-0.39, 0.29) is 17.4 Å². The molecule has 2 aliphatic rings. The van der Waals surface area contributed by atoms with Crippen molar-refractivity contribution in [3.63, 3.8) is 0 Å². The molecule has 2 aliphatic heterocycles. The standard InChI is InChI=1S/C27H30ClN5O2/c28-24-10-4-5-11-25(24)30-13-15-31(16-14-30)27(35)22-9-6-12-32(20-22)23-17-26(34)33(29-18-23)19-21-7-2-1-3-8-21/h1-5,7-8,10-11,17-18,22H,6,9,12-16,19-20H2. The number of carbonyl (C=O) groups excluding carboxylic acids is 1. The van der Waals surface area contributed by atoms with Gasteiger partial charge in [-0.2, -0.15) is 5.10 Å². The highest BCUT2D eigenvalue weighted by molar-refractivity contribution is 6.33. The smallest absolute Gasteiger partial charge is 0.269 e. The molecule has 0 aliphatic carbocycles. The fraction of sp³-hybridized carbons (Fsp3) is 0.370. The lowest BCUT2D eigenvalue weighted by atomic mass is 9.96. The molecule has 1 amide bonds. The molecule has 0 saturated carbocycles. The molecule has 1 atom stereocenters. The van der Waals surface area contributed by atoms with Crippen molar-refractivity contribution >= 4 is 28.9 Å². The SMILES string of the molecule is O=C(C1CCCN(c2cnn(Cc3ccccc3)c(=O)c2)C1)N1CCN(c2ccccc2Cl)CC1. The van der Waals surface area contributed by atoms with E-state index in [2.05, 4.69) is 14.9 Å². The van der Waals surface area contributed by atoms with E-state index in [0.717, 1.165) is 54.4 Å². The number of aromatic nitrogens is 2. The highest BCUT2D eigenvalue weighted by Gasteiger charge is 2.31. The van der Waals surface area contributed by atoms with Gasteiger partial charge >= 0.3 is 0 Å². The van der Waals surface area contributed by atoms with E-state index < -0.39 is 0 Å². The molecule has 182 valence electrons. The molecule has 0 spiro atoms. The Morgan fingerprint density at radius 3 is 2.43 bits per heavy atom. The lowest BCUT2D eigenvalue weighted by molar-refractivity contribution is -0.136. The van der Waals surface area contributed by atoms with Gasteiger partial charge in [-0.3, -0.25) is 9.59 Å². The number of hydrogen-bond donors (Lipinski definition) is 0. The van der Waals surface area contributed by atoms with Crippen molar-refractivity contribution in [2.75, 3.05) is 49.1 Å². The van der Waals surface area contributed by atoms with Gasteiger partial charge in [0.1, 0.15) is 0 Å². The molecular weight excluding hydrogens is 462 g/mol. The van der Waals surface area contributed by atoms with Crippen LogP contribution in [0.4, 0.5) is 11.4 Å². The van der Waals surface area contributed by atoms with Crippen LogP contribution in [0.2, 0.25) is 5.02 Å². The van der Waals surface area contributed by atoms with E-state index in [1.165, 1.54) is 4.68 Å². The number of carbonyl (C=O) groups is 1. The number of piperidine rings is 1. The van der Waals surface area contributed by atoms with E-state index in [9.17, 15) is 9.59 Å². The van der Waals surface area contributed by atoms with Gasteiger partial charge in [-0.1, -0.05) is 54.1 Å². The average molecular weight is 492 g/mol. The number of anilines is 2. The van der Waals surface area contributed by atoms with Crippen molar-refractivity contribution in [1.29, 1.82) is 0 Å². The fourth-order valence-corrected chi connectivity index (χ4v) is 5.27. The number of nitrogens with zero attached hydrogens (tertiary/aromatic N) is 5. The maximum atomic E-state index is 13.3. The predicted molar refractivity (Wildman–Crippen MR) is 139 cm³/mol. The maximum Gasteiger partial charge on any atom is 0.269 e. The third kappa shape index (κ3) is 5.35. The first-order valence-corrected chi connectivity index (χ1v) is 12.6. The Balaban J connectivity index is 1.20. The van der Waals surface area contributed by atoms with Gasteiger partial charge in [-0.05, 0) is 30.5 Å². The molecule has 0 N–H and O–H groups in total. The van der Waals surface area contributed by atoms with Crippen LogP contribution >= 0.6 is 11.6 Å². The van der Waals surface area contributed by atoms with Gasteiger partial charge in [-0.15, -0.1) is 0 Å². The summed E-state index contributed by atoms with van der Waals surface area (Å²) in [5, 5.41) is 5.15. The normalized spacial score (nSPS) is 18.5. The molecule has 35 heavy (non-hydrogen) atoms. The van der Waals surface area contributed by atoms with Crippen LogP contribution in [0.3, 0.4) is 0 Å². The third-order valence-electron chi connectivity index (χ3n) is 6.95. The summed E-state index contributed by atoms with van der Waals surface area (Å²) in [5.74, 6) is 0.140. The van der Waals surface area contributed by atoms with Gasteiger partial charge in [0.25, 0.3) is 5.56 Å². The largest absolute Gasteiger partial charge is 0.369 e. The molecule has 3 heterocycles. The molecule has 3 aromatic rings. The minimum absolute atomic E-state index is 0.0673. The van der Waals surface area contributed by atoms with Gasteiger partial charge in [0, 0.05) is 45.3 Å². The Morgan fingerprint density at radius 2 is 1.69 bits per heavy atom. The molecule has 5 rings (SSSR count). The van der Waals surface area contributed by atoms with E-state index >= 15 is 0 Å². The van der Waals surface area contributed by atoms with Crippen LogP contribution in [0.25, 0.3) is 0 Å². The van der Waals surface area contributed by atoms with Crippen molar-refractivity contribution in [3.8, 4) is 0 Å². The molecule has 2 aromatic carbocycles. The summed E-state index contributed by atoms with van der Waals surface area (Å²) in [6.07, 6.45) is 3.54. The zero-order valence-electron chi connectivity index (χ0n) is 19.7. The minimum Gasteiger partial charge on any atom is -0.369 e. The molecule has 0 radical (unpaired) electrons. The van der Waals surface area contributed by atoms with Crippen molar-refractivity contribution < 1.29 is 4.79 Å². The maximum absolute atomic E-state index is 13.3. The molecular formula is C27H30ClN5O2. The van der Waals surface area contributed by atoms with E-state index in [0.29, 0.717) is 26.2 Å². The number of amides is 1. The van der Waals surface area contributed by atoms with Crippen LogP contribution in [0.15, 0.2) is 71.7 Å². The summed E-state index contributed by atoms with van der Waals surface area (Å²) in [5.41, 5.74) is 2.73. The van der Waals surface area contributed by atoms with Crippen molar-refractivity contribution in [3.05, 3.63) is 87.8 Å². The van der Waals surface area contributed by atoms with E-state index in [4.69, 9.17) is 11.6 Å². The summed E-state index contributed by atoms with van der Waals surface area (Å²) in [6.45, 7) is 4.82. The molecule has 2 saturated heterocycles. The Labute approximate surface area is 210 Å². The van der Waals surface area contributed by atoms with Crippen molar-refractivity contribution in [2.24, 2.45) is 5.92 Å². The van der Waals surface area contributed by atoms with Gasteiger partial charge in [-0.25, -0.2) is 4.68 Å². The quantitative estimate of drug-likeness (QED) is 0.546. The number of rotatable bonds is 5. The second-order valence-electron chi connectivity index (χ2n) is 9.24. The number of hydrogen-bond acceptors (Lipinski definition) is 5. The summed E-state index contributed by atoms with van der Waals surface area (Å²) < 4.78 is 1.48. The highest BCUT2D eigenvalue weighted by Crippen LogP contribution is 2.27. The predicted octanol–water partition coefficient (Wildman–Crippen LogP) is 3.51. The topological polar surface area (TPSA) is 61.7 Å². The Bertz CT molecular complexity index is 1220. The first-order valence-electron chi connectivity index (χ1n) is 12.2. The summed E-state index contributed by atoms with van der Waals surface area (Å²) in [7, 11) is 0. The fourth-order valence-electron chi connectivity index (χ4n) is 5.02. The van der Waals surface area contributed by atoms with Gasteiger partial charge in [0.2, 0.25) is 5.91 Å². The molecule has 0 bridgehead atoms. The van der Waals surface area contributed by atoms with Crippen LogP contribution in [0.5, 0.6) is 0 Å². The average Bonchev–Trinajstić information content (AvgIpc) is 2.90. The third-order valence-corrected chi connectivity index (χ3v) is 7.27. The second-order valence-corrected chi connectivity index (χ2v) is 9.65. The Kier molecular flexibility index (Phi) is 7.04. The van der Waals surface area contributed by atoms with Crippen molar-refractivity contribution in [1.82, 2.24) is 14.7 Å². The first kappa shape index (κ1) is 23.4. The highest BCUT2D eigenvalue weighted by atomic mass is 35.5. The van der Waals surface area contributed by atoms with E-state index in [1.54, 1.807) is 12.3 Å². The minimum atomic E-state index is -0.129. The Hall–Kier alpha value is -3.32. The zero-order valence-corrected chi connectivity index (χ0v) is 20.5. The zero-order chi connectivity index (χ0) is 24.2.